The number of benzene rings is 3. The molecule has 0 saturated heterocycles. The molecule has 0 saturated carbocycles. The Hall–Kier alpha value is -3.60. The molecule has 172 valence electrons. The predicted octanol–water partition coefficient (Wildman–Crippen LogP) is 6.67. The van der Waals surface area contributed by atoms with Crippen LogP contribution < -0.4 is 15.4 Å². The second kappa shape index (κ2) is 10.3. The second-order valence-electron chi connectivity index (χ2n) is 9.17. The molecular weight excluding hydrogens is 412 g/mol. The van der Waals surface area contributed by atoms with Crippen LogP contribution in [0.1, 0.15) is 67.3 Å². The molecule has 33 heavy (non-hydrogen) atoms. The quantitative estimate of drug-likeness (QED) is 0.428. The Morgan fingerprint density at radius 1 is 0.758 bits per heavy atom. The molecule has 1 unspecified atom stereocenters. The summed E-state index contributed by atoms with van der Waals surface area (Å²) in [6, 6.07) is 21.8. The van der Waals surface area contributed by atoms with E-state index in [9.17, 15) is 9.59 Å². The van der Waals surface area contributed by atoms with Crippen LogP contribution in [0.15, 0.2) is 72.8 Å². The number of anilines is 2. The van der Waals surface area contributed by atoms with Gasteiger partial charge < -0.3 is 15.4 Å². The van der Waals surface area contributed by atoms with Gasteiger partial charge in [0, 0.05) is 22.5 Å². The van der Waals surface area contributed by atoms with E-state index in [-0.39, 0.29) is 23.3 Å². The number of ether oxygens (including phenoxy) is 1. The number of carbonyl (C=O) groups is 2. The number of amides is 2. The first-order valence-electron chi connectivity index (χ1n) is 11.3. The molecule has 5 nitrogen and oxygen atoms in total. The van der Waals surface area contributed by atoms with Crippen molar-refractivity contribution in [3.8, 4) is 5.75 Å². The molecule has 3 aromatic rings. The zero-order valence-electron chi connectivity index (χ0n) is 19.9. The molecule has 0 radical (unpaired) electrons. The fraction of sp³-hybridized carbons (Fsp3) is 0.286. The van der Waals surface area contributed by atoms with E-state index in [2.05, 4.69) is 38.3 Å². The molecule has 0 fully saturated rings. The lowest BCUT2D eigenvalue weighted by Crippen LogP contribution is -2.14. The van der Waals surface area contributed by atoms with E-state index in [1.807, 2.05) is 31.2 Å². The largest absolute Gasteiger partial charge is 0.491 e. The third kappa shape index (κ3) is 6.69. The van der Waals surface area contributed by atoms with Gasteiger partial charge in [-0.15, -0.1) is 0 Å². The monoisotopic (exact) mass is 444 g/mol. The zero-order valence-corrected chi connectivity index (χ0v) is 19.9. The van der Waals surface area contributed by atoms with Crippen molar-refractivity contribution in [1.82, 2.24) is 0 Å². The maximum absolute atomic E-state index is 12.5. The summed E-state index contributed by atoms with van der Waals surface area (Å²) < 4.78 is 5.75. The molecule has 2 amide bonds. The third-order valence-corrected chi connectivity index (χ3v) is 5.44. The van der Waals surface area contributed by atoms with Gasteiger partial charge in [0.05, 0.1) is 6.10 Å². The zero-order chi connectivity index (χ0) is 24.0. The second-order valence-corrected chi connectivity index (χ2v) is 9.17. The van der Waals surface area contributed by atoms with Crippen molar-refractivity contribution >= 4 is 23.2 Å². The fourth-order valence-corrected chi connectivity index (χ4v) is 3.17. The summed E-state index contributed by atoms with van der Waals surface area (Å²) in [5, 5.41) is 5.76. The molecule has 0 spiro atoms. The van der Waals surface area contributed by atoms with Crippen LogP contribution in [0.4, 0.5) is 11.4 Å². The van der Waals surface area contributed by atoms with Crippen LogP contribution in [0.3, 0.4) is 0 Å². The highest BCUT2D eigenvalue weighted by atomic mass is 16.5. The van der Waals surface area contributed by atoms with Crippen molar-refractivity contribution in [2.75, 3.05) is 10.6 Å². The molecule has 0 aromatic heterocycles. The summed E-state index contributed by atoms with van der Waals surface area (Å²) in [6.45, 7) is 10.5. The SMILES string of the molecule is CCC(C)Oc1ccc(C(=O)Nc2ccc(NC(=O)c3ccc(C(C)(C)C)cc3)cc2)cc1. The highest BCUT2D eigenvalue weighted by Crippen LogP contribution is 2.23. The highest BCUT2D eigenvalue weighted by Gasteiger charge is 2.14. The summed E-state index contributed by atoms with van der Waals surface area (Å²) in [5.41, 5.74) is 3.66. The van der Waals surface area contributed by atoms with Gasteiger partial charge in [-0.05, 0) is 85.0 Å². The molecule has 0 aliphatic heterocycles. The molecule has 3 aromatic carbocycles. The minimum atomic E-state index is -0.208. The van der Waals surface area contributed by atoms with Crippen LogP contribution in [0.25, 0.3) is 0 Å². The molecule has 0 aliphatic rings. The Labute approximate surface area is 196 Å². The van der Waals surface area contributed by atoms with Gasteiger partial charge in [-0.2, -0.15) is 0 Å². The van der Waals surface area contributed by atoms with E-state index >= 15 is 0 Å². The van der Waals surface area contributed by atoms with Crippen LogP contribution in [0, 0.1) is 0 Å². The van der Waals surface area contributed by atoms with E-state index in [4.69, 9.17) is 4.74 Å². The summed E-state index contributed by atoms with van der Waals surface area (Å²) in [4.78, 5) is 25.1. The van der Waals surface area contributed by atoms with E-state index in [0.717, 1.165) is 12.2 Å². The first-order chi connectivity index (χ1) is 15.7. The van der Waals surface area contributed by atoms with Crippen LogP contribution in [-0.4, -0.2) is 17.9 Å². The van der Waals surface area contributed by atoms with Gasteiger partial charge in [0.15, 0.2) is 0 Å². The average Bonchev–Trinajstić information content (AvgIpc) is 2.80. The first kappa shape index (κ1) is 24.1. The Morgan fingerprint density at radius 2 is 1.18 bits per heavy atom. The summed E-state index contributed by atoms with van der Waals surface area (Å²) in [6.07, 6.45) is 1.05. The van der Waals surface area contributed by atoms with Gasteiger partial charge in [0.1, 0.15) is 5.75 Å². The van der Waals surface area contributed by atoms with Gasteiger partial charge in [0.2, 0.25) is 0 Å². The molecule has 0 aliphatic carbocycles. The van der Waals surface area contributed by atoms with Gasteiger partial charge >= 0.3 is 0 Å². The maximum Gasteiger partial charge on any atom is 0.255 e. The van der Waals surface area contributed by atoms with Crippen molar-refractivity contribution in [1.29, 1.82) is 0 Å². The third-order valence-electron chi connectivity index (χ3n) is 5.44. The Balaban J connectivity index is 1.57. The van der Waals surface area contributed by atoms with Gasteiger partial charge in [-0.1, -0.05) is 39.8 Å². The molecule has 0 bridgehead atoms. The van der Waals surface area contributed by atoms with Gasteiger partial charge in [-0.3, -0.25) is 9.59 Å². The molecule has 3 rings (SSSR count). The van der Waals surface area contributed by atoms with Crippen molar-refractivity contribution in [3.05, 3.63) is 89.5 Å². The lowest BCUT2D eigenvalue weighted by molar-refractivity contribution is 0.101. The van der Waals surface area contributed by atoms with Crippen molar-refractivity contribution in [2.24, 2.45) is 0 Å². The van der Waals surface area contributed by atoms with Crippen LogP contribution in [0.5, 0.6) is 5.75 Å². The van der Waals surface area contributed by atoms with E-state index in [1.165, 1.54) is 5.56 Å². The van der Waals surface area contributed by atoms with Crippen molar-refractivity contribution in [3.63, 3.8) is 0 Å². The topological polar surface area (TPSA) is 67.4 Å². The first-order valence-corrected chi connectivity index (χ1v) is 11.3. The van der Waals surface area contributed by atoms with Crippen molar-refractivity contribution in [2.45, 2.75) is 52.6 Å². The molecule has 5 heteroatoms. The fourth-order valence-electron chi connectivity index (χ4n) is 3.17. The van der Waals surface area contributed by atoms with Crippen LogP contribution >= 0.6 is 0 Å². The lowest BCUT2D eigenvalue weighted by atomic mass is 9.87. The Bertz CT molecular complexity index is 1080. The predicted molar refractivity (Wildman–Crippen MR) is 134 cm³/mol. The Kier molecular flexibility index (Phi) is 7.54. The summed E-state index contributed by atoms with van der Waals surface area (Å²) in [5.74, 6) is 0.363. The van der Waals surface area contributed by atoms with E-state index < -0.39 is 0 Å². The smallest absolute Gasteiger partial charge is 0.255 e. The normalized spacial score (nSPS) is 12.0. The lowest BCUT2D eigenvalue weighted by Gasteiger charge is -2.19. The number of hydrogen-bond acceptors (Lipinski definition) is 3. The number of hydrogen-bond donors (Lipinski definition) is 2. The minimum absolute atomic E-state index is 0.0404. The summed E-state index contributed by atoms with van der Waals surface area (Å²) >= 11 is 0. The maximum atomic E-state index is 12.5. The standard InChI is InChI=1S/C28H32N2O3/c1-6-19(2)33-25-17-9-21(10-18-25)27(32)30-24-15-13-23(14-16-24)29-26(31)20-7-11-22(12-8-20)28(3,4)5/h7-19H,6H2,1-5H3,(H,29,31)(H,30,32). The van der Waals surface area contributed by atoms with Gasteiger partial charge in [-0.25, -0.2) is 0 Å². The Morgan fingerprint density at radius 3 is 1.58 bits per heavy atom. The molecular formula is C28H32N2O3. The number of nitrogens with one attached hydrogen (secondary N) is 2. The van der Waals surface area contributed by atoms with E-state index in [0.29, 0.717) is 22.5 Å². The van der Waals surface area contributed by atoms with Crippen LogP contribution in [-0.2, 0) is 5.41 Å². The molecule has 2 N–H and O–H groups in total. The molecule has 0 heterocycles. The van der Waals surface area contributed by atoms with Crippen molar-refractivity contribution < 1.29 is 14.3 Å². The molecule has 1 atom stereocenters. The average molecular weight is 445 g/mol. The summed E-state index contributed by atoms with van der Waals surface area (Å²) in [7, 11) is 0. The minimum Gasteiger partial charge on any atom is -0.491 e. The highest BCUT2D eigenvalue weighted by molar-refractivity contribution is 6.05. The number of carbonyl (C=O) groups excluding carboxylic acids is 2. The van der Waals surface area contributed by atoms with E-state index in [1.54, 1.807) is 48.5 Å². The number of rotatable bonds is 7. The van der Waals surface area contributed by atoms with Crippen LogP contribution in [0.2, 0.25) is 0 Å². The van der Waals surface area contributed by atoms with Gasteiger partial charge in [0.25, 0.3) is 11.8 Å².